The molecule has 0 fully saturated rings. The summed E-state index contributed by atoms with van der Waals surface area (Å²) in [6.45, 7) is 4.47. The van der Waals surface area contributed by atoms with E-state index in [4.69, 9.17) is 16.3 Å². The van der Waals surface area contributed by atoms with Crippen LogP contribution in [-0.4, -0.2) is 10.9 Å². The highest BCUT2D eigenvalue weighted by Crippen LogP contribution is 2.22. The summed E-state index contributed by atoms with van der Waals surface area (Å²) in [4.78, 5) is 16.9. The largest absolute Gasteiger partial charge is 0.489 e. The van der Waals surface area contributed by atoms with Gasteiger partial charge in [-0.3, -0.25) is 4.79 Å². The molecule has 6 heteroatoms. The highest BCUT2D eigenvalue weighted by molar-refractivity contribution is 7.12. The number of aromatic nitrogens is 1. The summed E-state index contributed by atoms with van der Waals surface area (Å²) in [6, 6.07) is 11.3. The molecule has 0 atom stereocenters. The minimum Gasteiger partial charge on any atom is -0.489 e. The van der Waals surface area contributed by atoms with Crippen LogP contribution in [0.4, 0.5) is 5.82 Å². The van der Waals surface area contributed by atoms with E-state index in [1.54, 1.807) is 12.1 Å². The van der Waals surface area contributed by atoms with Crippen LogP contribution >= 0.6 is 22.9 Å². The standard InChI is InChI=1S/C19H17ClN2O2S/c1-12-3-4-13(2)16(7-12)24-10-14-8-17(25-11-14)19(23)22-18-6-5-15(20)9-21-18/h3-9,11H,10H2,1-2H3,(H,21,22,23). The number of carbonyl (C=O) groups is 1. The second-order valence-corrected chi connectivity index (χ2v) is 7.04. The van der Waals surface area contributed by atoms with Gasteiger partial charge in [0.2, 0.25) is 0 Å². The zero-order valence-corrected chi connectivity index (χ0v) is 15.4. The minimum atomic E-state index is -0.196. The summed E-state index contributed by atoms with van der Waals surface area (Å²) in [7, 11) is 0. The maximum Gasteiger partial charge on any atom is 0.266 e. The van der Waals surface area contributed by atoms with E-state index in [-0.39, 0.29) is 5.91 Å². The SMILES string of the molecule is Cc1ccc(C)c(OCc2csc(C(=O)Nc3ccc(Cl)cn3)c2)c1. The number of halogens is 1. The third kappa shape index (κ3) is 4.59. The quantitative estimate of drug-likeness (QED) is 0.665. The van der Waals surface area contributed by atoms with Crippen molar-refractivity contribution in [2.75, 3.05) is 5.32 Å². The lowest BCUT2D eigenvalue weighted by molar-refractivity contribution is 0.103. The molecule has 0 aliphatic heterocycles. The van der Waals surface area contributed by atoms with Crippen LogP contribution in [-0.2, 0) is 6.61 Å². The number of thiophene rings is 1. The fraction of sp³-hybridized carbons (Fsp3) is 0.158. The van der Waals surface area contributed by atoms with Crippen LogP contribution in [0.25, 0.3) is 0 Å². The lowest BCUT2D eigenvalue weighted by Gasteiger charge is -2.08. The van der Waals surface area contributed by atoms with Gasteiger partial charge in [0.05, 0.1) is 9.90 Å². The van der Waals surface area contributed by atoms with E-state index < -0.39 is 0 Å². The summed E-state index contributed by atoms with van der Waals surface area (Å²) in [6.07, 6.45) is 1.50. The van der Waals surface area contributed by atoms with Crippen molar-refractivity contribution in [3.8, 4) is 5.75 Å². The van der Waals surface area contributed by atoms with Gasteiger partial charge in [0, 0.05) is 11.8 Å². The molecule has 1 amide bonds. The zero-order chi connectivity index (χ0) is 17.8. The molecule has 25 heavy (non-hydrogen) atoms. The van der Waals surface area contributed by atoms with Crippen LogP contribution in [0.2, 0.25) is 5.02 Å². The molecule has 128 valence electrons. The molecule has 2 aromatic heterocycles. The highest BCUT2D eigenvalue weighted by atomic mass is 35.5. The molecule has 0 saturated carbocycles. The van der Waals surface area contributed by atoms with E-state index >= 15 is 0 Å². The molecule has 2 heterocycles. The van der Waals surface area contributed by atoms with Crippen molar-refractivity contribution in [3.05, 3.63) is 74.6 Å². The summed E-state index contributed by atoms with van der Waals surface area (Å²) in [5.74, 6) is 1.14. The van der Waals surface area contributed by atoms with Crippen molar-refractivity contribution in [2.24, 2.45) is 0 Å². The Kier molecular flexibility index (Phi) is 5.36. The first-order chi connectivity index (χ1) is 12.0. The predicted molar refractivity (Wildman–Crippen MR) is 102 cm³/mol. The molecule has 3 aromatic rings. The molecule has 0 unspecified atom stereocenters. The number of hydrogen-bond acceptors (Lipinski definition) is 4. The molecule has 1 N–H and O–H groups in total. The van der Waals surface area contributed by atoms with Gasteiger partial charge in [-0.1, -0.05) is 23.7 Å². The first-order valence-corrected chi connectivity index (χ1v) is 8.97. The van der Waals surface area contributed by atoms with Crippen molar-refractivity contribution in [3.63, 3.8) is 0 Å². The van der Waals surface area contributed by atoms with Crippen LogP contribution in [0.5, 0.6) is 5.75 Å². The molecule has 3 rings (SSSR count). The fourth-order valence-electron chi connectivity index (χ4n) is 2.22. The zero-order valence-electron chi connectivity index (χ0n) is 13.9. The molecule has 0 radical (unpaired) electrons. The predicted octanol–water partition coefficient (Wildman–Crippen LogP) is 5.24. The second-order valence-electron chi connectivity index (χ2n) is 5.69. The van der Waals surface area contributed by atoms with Crippen LogP contribution in [0.3, 0.4) is 0 Å². The monoisotopic (exact) mass is 372 g/mol. The number of pyridine rings is 1. The van der Waals surface area contributed by atoms with Gasteiger partial charge in [-0.15, -0.1) is 11.3 Å². The lowest BCUT2D eigenvalue weighted by atomic mass is 10.1. The second kappa shape index (κ2) is 7.68. The van der Waals surface area contributed by atoms with E-state index in [0.29, 0.717) is 22.3 Å². The van der Waals surface area contributed by atoms with Crippen LogP contribution in [0.1, 0.15) is 26.4 Å². The molecule has 4 nitrogen and oxygen atoms in total. The lowest BCUT2D eigenvalue weighted by Crippen LogP contribution is -2.11. The average molecular weight is 373 g/mol. The number of aryl methyl sites for hydroxylation is 2. The Bertz CT molecular complexity index is 891. The van der Waals surface area contributed by atoms with Gasteiger partial charge in [-0.2, -0.15) is 0 Å². The van der Waals surface area contributed by atoms with Gasteiger partial charge in [-0.25, -0.2) is 4.98 Å². The summed E-state index contributed by atoms with van der Waals surface area (Å²) in [5.41, 5.74) is 3.20. The maximum atomic E-state index is 12.3. The Morgan fingerprint density at radius 2 is 2.08 bits per heavy atom. The Morgan fingerprint density at radius 3 is 2.84 bits per heavy atom. The number of amides is 1. The molecular weight excluding hydrogens is 356 g/mol. The Labute approximate surface area is 155 Å². The van der Waals surface area contributed by atoms with Gasteiger partial charge in [0.15, 0.2) is 0 Å². The van der Waals surface area contributed by atoms with E-state index in [9.17, 15) is 4.79 Å². The fourth-order valence-corrected chi connectivity index (χ4v) is 3.13. The number of ether oxygens (including phenoxy) is 1. The van der Waals surface area contributed by atoms with E-state index in [0.717, 1.165) is 22.4 Å². The third-order valence-electron chi connectivity index (χ3n) is 3.58. The molecule has 0 aliphatic carbocycles. The van der Waals surface area contributed by atoms with E-state index in [1.807, 2.05) is 37.4 Å². The van der Waals surface area contributed by atoms with E-state index in [1.165, 1.54) is 17.5 Å². The van der Waals surface area contributed by atoms with Crippen molar-refractivity contribution < 1.29 is 9.53 Å². The number of rotatable bonds is 5. The van der Waals surface area contributed by atoms with Gasteiger partial charge < -0.3 is 10.1 Å². The highest BCUT2D eigenvalue weighted by Gasteiger charge is 2.11. The van der Waals surface area contributed by atoms with Gasteiger partial charge in [-0.05, 0) is 54.6 Å². The van der Waals surface area contributed by atoms with E-state index in [2.05, 4.69) is 16.4 Å². The molecule has 0 bridgehead atoms. The van der Waals surface area contributed by atoms with Crippen molar-refractivity contribution in [2.45, 2.75) is 20.5 Å². The maximum absolute atomic E-state index is 12.3. The van der Waals surface area contributed by atoms with Crippen LogP contribution in [0.15, 0.2) is 48.0 Å². The first-order valence-electron chi connectivity index (χ1n) is 7.71. The van der Waals surface area contributed by atoms with Gasteiger partial charge >= 0.3 is 0 Å². The topological polar surface area (TPSA) is 51.2 Å². The Balaban J connectivity index is 1.62. The Hall–Kier alpha value is -2.37. The molecule has 0 spiro atoms. The number of carbonyl (C=O) groups excluding carboxylic acids is 1. The third-order valence-corrected chi connectivity index (χ3v) is 4.79. The van der Waals surface area contributed by atoms with Crippen LogP contribution in [0, 0.1) is 13.8 Å². The normalized spacial score (nSPS) is 10.5. The number of nitrogens with one attached hydrogen (secondary N) is 1. The smallest absolute Gasteiger partial charge is 0.266 e. The summed E-state index contributed by atoms with van der Waals surface area (Å²) < 4.78 is 5.88. The summed E-state index contributed by atoms with van der Waals surface area (Å²) in [5, 5.41) is 5.20. The Morgan fingerprint density at radius 1 is 1.24 bits per heavy atom. The van der Waals surface area contributed by atoms with Crippen molar-refractivity contribution in [1.82, 2.24) is 4.98 Å². The molecular formula is C19H17ClN2O2S. The first kappa shape index (κ1) is 17.5. The van der Waals surface area contributed by atoms with Gasteiger partial charge in [0.1, 0.15) is 18.2 Å². The number of anilines is 1. The summed E-state index contributed by atoms with van der Waals surface area (Å²) >= 11 is 7.16. The molecule has 0 saturated heterocycles. The number of nitrogens with zero attached hydrogens (tertiary/aromatic N) is 1. The van der Waals surface area contributed by atoms with Gasteiger partial charge in [0.25, 0.3) is 5.91 Å². The molecule has 0 aliphatic rings. The molecule has 1 aromatic carbocycles. The van der Waals surface area contributed by atoms with Crippen molar-refractivity contribution in [1.29, 1.82) is 0 Å². The average Bonchev–Trinajstić information content (AvgIpc) is 3.07. The number of hydrogen-bond donors (Lipinski definition) is 1. The number of benzene rings is 1. The van der Waals surface area contributed by atoms with Crippen molar-refractivity contribution >= 4 is 34.7 Å². The minimum absolute atomic E-state index is 0.196. The van der Waals surface area contributed by atoms with Crippen LogP contribution < -0.4 is 10.1 Å².